The Hall–Kier alpha value is -3.33. The highest BCUT2D eigenvalue weighted by Crippen LogP contribution is 2.27. The lowest BCUT2D eigenvalue weighted by atomic mass is 9.91. The number of nitriles is 2. The molecule has 6 N–H and O–H groups in total. The third-order valence-electron chi connectivity index (χ3n) is 4.80. The molecular weight excluding hydrogens is 390 g/mol. The maximum absolute atomic E-state index is 11.9. The van der Waals surface area contributed by atoms with E-state index in [1.165, 1.54) is 6.07 Å². The molecular formula is C20H22ClN7O. The molecule has 0 aliphatic heterocycles. The van der Waals surface area contributed by atoms with E-state index in [0.29, 0.717) is 17.1 Å². The molecule has 1 heterocycles. The second-order valence-corrected chi connectivity index (χ2v) is 6.77. The molecule has 1 aliphatic rings. The number of nitrogens with one attached hydrogen (secondary N) is 2. The average molecular weight is 412 g/mol. The zero-order valence-corrected chi connectivity index (χ0v) is 16.5. The lowest BCUT2D eigenvalue weighted by Gasteiger charge is -2.30. The summed E-state index contributed by atoms with van der Waals surface area (Å²) < 4.78 is 0. The number of amides is 1. The Morgan fingerprint density at radius 3 is 2.55 bits per heavy atom. The van der Waals surface area contributed by atoms with Crippen molar-refractivity contribution in [3.63, 3.8) is 0 Å². The number of pyridine rings is 1. The Morgan fingerprint density at radius 2 is 1.90 bits per heavy atom. The molecule has 1 amide bonds. The average Bonchev–Trinajstić information content (AvgIpc) is 2.70. The number of primary amides is 1. The maximum Gasteiger partial charge on any atom is 0.252 e. The molecule has 150 valence electrons. The second-order valence-electron chi connectivity index (χ2n) is 6.77. The smallest absolute Gasteiger partial charge is 0.252 e. The highest BCUT2D eigenvalue weighted by Gasteiger charge is 2.24. The largest absolute Gasteiger partial charge is 0.365 e. The first kappa shape index (κ1) is 22.0. The van der Waals surface area contributed by atoms with E-state index in [-0.39, 0.29) is 41.4 Å². The topological polar surface area (TPSA) is 154 Å². The lowest BCUT2D eigenvalue weighted by molar-refractivity contribution is 0.100. The van der Waals surface area contributed by atoms with Gasteiger partial charge in [-0.2, -0.15) is 10.5 Å². The van der Waals surface area contributed by atoms with Crippen molar-refractivity contribution in [2.45, 2.75) is 37.8 Å². The Balaban J connectivity index is 0.00000300. The fourth-order valence-electron chi connectivity index (χ4n) is 3.31. The molecule has 3 rings (SSSR count). The van der Waals surface area contributed by atoms with Gasteiger partial charge in [-0.05, 0) is 37.1 Å². The lowest BCUT2D eigenvalue weighted by Crippen LogP contribution is -2.43. The normalized spacial score (nSPS) is 17.9. The predicted octanol–water partition coefficient (Wildman–Crippen LogP) is 2.77. The highest BCUT2D eigenvalue weighted by molar-refractivity contribution is 5.99. The monoisotopic (exact) mass is 411 g/mol. The standard InChI is InChI=1S/C20H21N7O.ClH/c21-10-12-4-3-5-14(8-12)25-20-15(18(24)28)9-13(11-22)19(27-20)26-17-7-2-1-6-16(17)23;/h3-5,8-9,16-17H,1-2,6-7,23H2,(H2,24,28)(H2,25,26,27);1H/t16-,17+;/m0./s1. The number of aromatic nitrogens is 1. The van der Waals surface area contributed by atoms with Crippen LogP contribution in [0.3, 0.4) is 0 Å². The number of carbonyl (C=O) groups excluding carboxylic acids is 1. The van der Waals surface area contributed by atoms with Crippen LogP contribution < -0.4 is 22.1 Å². The van der Waals surface area contributed by atoms with Gasteiger partial charge in [-0.25, -0.2) is 4.98 Å². The highest BCUT2D eigenvalue weighted by atomic mass is 35.5. The van der Waals surface area contributed by atoms with Crippen LogP contribution in [-0.4, -0.2) is 23.0 Å². The van der Waals surface area contributed by atoms with E-state index < -0.39 is 5.91 Å². The fraction of sp³-hybridized carbons (Fsp3) is 0.300. The van der Waals surface area contributed by atoms with Crippen molar-refractivity contribution in [3.8, 4) is 12.1 Å². The first-order valence-electron chi connectivity index (χ1n) is 9.06. The third-order valence-corrected chi connectivity index (χ3v) is 4.80. The number of hydrogen-bond donors (Lipinski definition) is 4. The molecule has 0 saturated heterocycles. The van der Waals surface area contributed by atoms with Crippen LogP contribution in [0, 0.1) is 22.7 Å². The van der Waals surface area contributed by atoms with Crippen molar-refractivity contribution in [2.75, 3.05) is 10.6 Å². The van der Waals surface area contributed by atoms with Gasteiger partial charge in [-0.15, -0.1) is 12.4 Å². The van der Waals surface area contributed by atoms with Gasteiger partial charge in [-0.1, -0.05) is 18.9 Å². The van der Waals surface area contributed by atoms with Crippen LogP contribution >= 0.6 is 12.4 Å². The number of benzene rings is 1. The van der Waals surface area contributed by atoms with Gasteiger partial charge in [0, 0.05) is 17.8 Å². The molecule has 1 aromatic heterocycles. The first-order valence-corrected chi connectivity index (χ1v) is 9.06. The van der Waals surface area contributed by atoms with Crippen molar-refractivity contribution < 1.29 is 4.79 Å². The van der Waals surface area contributed by atoms with Crippen LogP contribution in [0.5, 0.6) is 0 Å². The minimum Gasteiger partial charge on any atom is -0.365 e. The third kappa shape index (κ3) is 5.14. The van der Waals surface area contributed by atoms with Crippen molar-refractivity contribution in [3.05, 3.63) is 47.0 Å². The van der Waals surface area contributed by atoms with E-state index in [0.717, 1.165) is 25.7 Å². The summed E-state index contributed by atoms with van der Waals surface area (Å²) in [7, 11) is 0. The van der Waals surface area contributed by atoms with E-state index in [1.54, 1.807) is 24.3 Å². The zero-order valence-electron chi connectivity index (χ0n) is 15.7. The molecule has 1 fully saturated rings. The predicted molar refractivity (Wildman–Crippen MR) is 113 cm³/mol. The van der Waals surface area contributed by atoms with E-state index in [1.807, 2.05) is 0 Å². The summed E-state index contributed by atoms with van der Waals surface area (Å²) in [6.07, 6.45) is 3.93. The molecule has 2 aromatic rings. The number of nitrogens with zero attached hydrogens (tertiary/aromatic N) is 3. The molecule has 0 radical (unpaired) electrons. The summed E-state index contributed by atoms with van der Waals surface area (Å²) in [5, 5.41) is 24.9. The molecule has 0 unspecified atom stereocenters. The van der Waals surface area contributed by atoms with Gasteiger partial charge in [0.1, 0.15) is 17.7 Å². The molecule has 9 heteroatoms. The van der Waals surface area contributed by atoms with E-state index in [9.17, 15) is 10.1 Å². The van der Waals surface area contributed by atoms with E-state index >= 15 is 0 Å². The fourth-order valence-corrected chi connectivity index (χ4v) is 3.31. The Morgan fingerprint density at radius 1 is 1.14 bits per heavy atom. The molecule has 1 aliphatic carbocycles. The van der Waals surface area contributed by atoms with E-state index in [2.05, 4.69) is 27.8 Å². The molecule has 0 spiro atoms. The van der Waals surface area contributed by atoms with Crippen LogP contribution in [0.4, 0.5) is 17.3 Å². The minimum atomic E-state index is -0.705. The summed E-state index contributed by atoms with van der Waals surface area (Å²) in [4.78, 5) is 16.4. The Bertz CT molecular complexity index is 980. The number of anilines is 3. The van der Waals surface area contributed by atoms with Gasteiger partial charge >= 0.3 is 0 Å². The van der Waals surface area contributed by atoms with Crippen LogP contribution in [0.1, 0.15) is 47.2 Å². The summed E-state index contributed by atoms with van der Waals surface area (Å²) in [6, 6.07) is 12.3. The molecule has 2 atom stereocenters. The summed E-state index contributed by atoms with van der Waals surface area (Å²) in [5.74, 6) is -0.133. The number of nitrogens with two attached hydrogens (primary N) is 2. The van der Waals surface area contributed by atoms with E-state index in [4.69, 9.17) is 16.7 Å². The molecule has 0 bridgehead atoms. The maximum atomic E-state index is 11.9. The second kappa shape index (κ2) is 9.74. The van der Waals surface area contributed by atoms with Crippen LogP contribution in [0.25, 0.3) is 0 Å². The van der Waals surface area contributed by atoms with Crippen molar-refractivity contribution >= 4 is 35.6 Å². The van der Waals surface area contributed by atoms with Crippen LogP contribution in [0.15, 0.2) is 30.3 Å². The first-order chi connectivity index (χ1) is 13.5. The van der Waals surface area contributed by atoms with Crippen LogP contribution in [-0.2, 0) is 0 Å². The van der Waals surface area contributed by atoms with Gasteiger partial charge in [0.15, 0.2) is 0 Å². The van der Waals surface area contributed by atoms with Gasteiger partial charge in [0.25, 0.3) is 5.91 Å². The van der Waals surface area contributed by atoms with Gasteiger partial charge in [0.2, 0.25) is 0 Å². The number of hydrogen-bond acceptors (Lipinski definition) is 7. The van der Waals surface area contributed by atoms with Crippen LogP contribution in [0.2, 0.25) is 0 Å². The number of rotatable bonds is 5. The Kier molecular flexibility index (Phi) is 7.38. The van der Waals surface area contributed by atoms with Crippen molar-refractivity contribution in [2.24, 2.45) is 11.5 Å². The number of halogens is 1. The van der Waals surface area contributed by atoms with Crippen molar-refractivity contribution in [1.82, 2.24) is 4.98 Å². The molecule has 1 saturated carbocycles. The zero-order chi connectivity index (χ0) is 20.1. The van der Waals surface area contributed by atoms with Crippen molar-refractivity contribution in [1.29, 1.82) is 10.5 Å². The number of carbonyl (C=O) groups is 1. The summed E-state index contributed by atoms with van der Waals surface area (Å²) in [6.45, 7) is 0. The Labute approximate surface area is 175 Å². The van der Waals surface area contributed by atoms with Gasteiger partial charge in [0.05, 0.1) is 22.8 Å². The van der Waals surface area contributed by atoms with Gasteiger partial charge < -0.3 is 22.1 Å². The SMILES string of the molecule is Cl.N#Cc1cccc(Nc2nc(N[C@@H]3CCCC[C@@H]3N)c(C#N)cc2C(N)=O)c1. The molecule has 8 nitrogen and oxygen atoms in total. The minimum absolute atomic E-state index is 0. The summed E-state index contributed by atoms with van der Waals surface area (Å²) >= 11 is 0. The summed E-state index contributed by atoms with van der Waals surface area (Å²) in [5.41, 5.74) is 13.0. The molecule has 29 heavy (non-hydrogen) atoms. The molecule has 1 aromatic carbocycles. The van der Waals surface area contributed by atoms with Gasteiger partial charge in [-0.3, -0.25) is 4.79 Å². The quantitative estimate of drug-likeness (QED) is 0.589.